The third kappa shape index (κ3) is 10.1. The van der Waals surface area contributed by atoms with Crippen LogP contribution in [-0.4, -0.2) is 14.1 Å². The largest absolute Gasteiger partial charge is 0.510 e. The first-order valence-corrected chi connectivity index (χ1v) is 26.5. The van der Waals surface area contributed by atoms with Crippen molar-refractivity contribution in [1.29, 1.82) is 0 Å². The molecule has 0 spiro atoms. The van der Waals surface area contributed by atoms with Gasteiger partial charge >= 0.3 is 0 Å². The first-order valence-electron chi connectivity index (χ1n) is 26.5. The molecule has 0 unspecified atom stereocenters. The number of rotatable bonds is 13. The fraction of sp³-hybridized carbons (Fsp3) is 0.275. The second-order valence-corrected chi connectivity index (χ2v) is 23.2. The molecule has 75 heavy (non-hydrogen) atoms. The Morgan fingerprint density at radius 1 is 0.573 bits per heavy atom. The van der Waals surface area contributed by atoms with Crippen molar-refractivity contribution in [2.24, 2.45) is 0 Å². The molecule has 0 N–H and O–H groups in total. The predicted molar refractivity (Wildman–Crippen MR) is 306 cm³/mol. The number of para-hydroxylation sites is 1. The SMILES string of the molecule is CC(C)c1cc(C(C)C)c(-c2ccnc(-n3c4[c-]c(Oc5[c-]c(-n6[c-][n+](-c7cccc(C(C)(C)C)c7)c(C(C)(C)c7ccccc7)c6)ccc5)cc(C(C)(C)c5ccccc5)c4c4ccccc43)c2)c(C(C)C)c1.[Pt]. The number of fused-ring (bicyclic) bond motifs is 3. The van der Waals surface area contributed by atoms with Crippen LogP contribution in [-0.2, 0) is 37.3 Å². The van der Waals surface area contributed by atoms with Crippen molar-refractivity contribution < 1.29 is 30.4 Å². The Morgan fingerprint density at radius 3 is 1.83 bits per heavy atom. The molecule has 0 aliphatic rings. The maximum atomic E-state index is 7.05. The number of aromatic nitrogens is 4. The van der Waals surface area contributed by atoms with Gasteiger partial charge in [0.1, 0.15) is 5.82 Å². The Hall–Kier alpha value is -6.81. The van der Waals surface area contributed by atoms with Crippen LogP contribution in [0.5, 0.6) is 11.5 Å². The standard InChI is InChI=1S/C69H70N4O.Pt/c1-45(2)49-36-58(46(3)4)65(59(37-49)47(5)6)48-34-35-70-64(38-48)73-61-33-21-20-32-57(61)66-60(68(10,11)50-24-16-14-17-25-50)41-56(42-62(66)73)74-55-31-23-29-53(40-55)71-43-63(69(12,13)51-26-18-15-19-27-51)72(44-71)54-30-22-28-52(39-54)67(7,8)9;/h14-39,41,43,45-47H,1-13H3;/q-2;. The zero-order valence-electron chi connectivity index (χ0n) is 45.9. The molecule has 0 amide bonds. The number of nitrogens with zero attached hydrogens (tertiary/aromatic N) is 4. The summed E-state index contributed by atoms with van der Waals surface area (Å²) in [5.74, 6) is 3.09. The van der Waals surface area contributed by atoms with E-state index in [9.17, 15) is 0 Å². The van der Waals surface area contributed by atoms with E-state index in [1.54, 1.807) is 0 Å². The van der Waals surface area contributed by atoms with Crippen LogP contribution in [0, 0.1) is 18.5 Å². The van der Waals surface area contributed by atoms with Gasteiger partial charge in [0, 0.05) is 55.9 Å². The summed E-state index contributed by atoms with van der Waals surface area (Å²) < 4.78 is 13.6. The molecule has 384 valence electrons. The number of hydrogen-bond donors (Lipinski definition) is 0. The Labute approximate surface area is 460 Å². The first-order chi connectivity index (χ1) is 35.3. The number of pyridine rings is 1. The Morgan fingerprint density at radius 2 is 1.19 bits per heavy atom. The minimum atomic E-state index is -0.432. The minimum Gasteiger partial charge on any atom is -0.510 e. The molecule has 0 aliphatic carbocycles. The average molecular weight is 1170 g/mol. The van der Waals surface area contributed by atoms with Crippen LogP contribution in [0.25, 0.3) is 50.1 Å². The van der Waals surface area contributed by atoms with Crippen molar-refractivity contribution in [2.45, 2.75) is 124 Å². The maximum absolute atomic E-state index is 7.05. The maximum Gasteiger partial charge on any atom is 0.267 e. The molecular weight excluding hydrogens is 1100 g/mol. The molecule has 5 nitrogen and oxygen atoms in total. The van der Waals surface area contributed by atoms with Gasteiger partial charge in [-0.25, -0.2) is 4.98 Å². The Balaban J connectivity index is 0.00000689. The van der Waals surface area contributed by atoms with E-state index in [0.29, 0.717) is 29.3 Å². The smallest absolute Gasteiger partial charge is 0.267 e. The van der Waals surface area contributed by atoms with Crippen molar-refractivity contribution in [3.05, 3.63) is 233 Å². The molecule has 10 rings (SSSR count). The van der Waals surface area contributed by atoms with Gasteiger partial charge in [0.05, 0.1) is 11.4 Å². The molecule has 10 aromatic rings. The van der Waals surface area contributed by atoms with Crippen molar-refractivity contribution in [3.63, 3.8) is 0 Å². The molecule has 0 bridgehead atoms. The fourth-order valence-corrected chi connectivity index (χ4v) is 10.8. The van der Waals surface area contributed by atoms with E-state index in [2.05, 4.69) is 274 Å². The van der Waals surface area contributed by atoms with Gasteiger partial charge in [-0.1, -0.05) is 204 Å². The molecule has 0 fully saturated rings. The fourth-order valence-electron chi connectivity index (χ4n) is 10.8. The average Bonchev–Trinajstić information content (AvgIpc) is 4.02. The van der Waals surface area contributed by atoms with Gasteiger partial charge in [0.25, 0.3) is 6.33 Å². The van der Waals surface area contributed by atoms with Crippen LogP contribution < -0.4 is 9.30 Å². The van der Waals surface area contributed by atoms with Gasteiger partial charge in [0.2, 0.25) is 0 Å². The van der Waals surface area contributed by atoms with Crippen LogP contribution in [0.3, 0.4) is 0 Å². The van der Waals surface area contributed by atoms with Gasteiger partial charge in [0.15, 0.2) is 0 Å². The quantitative estimate of drug-likeness (QED) is 0.0852. The summed E-state index contributed by atoms with van der Waals surface area (Å²) >= 11 is 0. The molecule has 0 saturated heterocycles. The molecule has 0 atom stereocenters. The van der Waals surface area contributed by atoms with Gasteiger partial charge in [-0.05, 0) is 114 Å². The van der Waals surface area contributed by atoms with E-state index in [1.165, 1.54) is 38.9 Å². The zero-order chi connectivity index (χ0) is 52.3. The second kappa shape index (κ2) is 20.7. The Bertz CT molecular complexity index is 3630. The van der Waals surface area contributed by atoms with Crippen LogP contribution in [0.2, 0.25) is 0 Å². The van der Waals surface area contributed by atoms with Crippen LogP contribution in [0.1, 0.15) is 152 Å². The summed E-state index contributed by atoms with van der Waals surface area (Å²) in [4.78, 5) is 5.18. The summed E-state index contributed by atoms with van der Waals surface area (Å²) in [5, 5.41) is 2.25. The van der Waals surface area contributed by atoms with Gasteiger partial charge in [-0.2, -0.15) is 12.1 Å². The minimum absolute atomic E-state index is 0. The van der Waals surface area contributed by atoms with Crippen molar-refractivity contribution >= 4 is 21.8 Å². The third-order valence-electron chi connectivity index (χ3n) is 15.3. The van der Waals surface area contributed by atoms with E-state index < -0.39 is 5.41 Å². The number of ether oxygens (including phenoxy) is 1. The molecule has 6 heteroatoms. The molecule has 7 aromatic carbocycles. The summed E-state index contributed by atoms with van der Waals surface area (Å²) in [6.07, 6.45) is 7.91. The van der Waals surface area contributed by atoms with E-state index >= 15 is 0 Å². The van der Waals surface area contributed by atoms with Gasteiger partial charge in [-0.3, -0.25) is 4.57 Å². The van der Waals surface area contributed by atoms with Crippen molar-refractivity contribution in [2.75, 3.05) is 0 Å². The number of benzene rings is 7. The molecule has 0 aliphatic heterocycles. The van der Waals surface area contributed by atoms with Crippen molar-refractivity contribution in [1.82, 2.24) is 14.1 Å². The summed E-state index contributed by atoms with van der Waals surface area (Å²) in [5.41, 5.74) is 15.5. The van der Waals surface area contributed by atoms with E-state index in [-0.39, 0.29) is 31.9 Å². The molecule has 3 heterocycles. The van der Waals surface area contributed by atoms with Crippen LogP contribution in [0.15, 0.2) is 170 Å². The van der Waals surface area contributed by atoms with E-state index in [4.69, 9.17) is 9.72 Å². The van der Waals surface area contributed by atoms with Crippen LogP contribution >= 0.6 is 0 Å². The van der Waals surface area contributed by atoms with Gasteiger partial charge in [-0.15, -0.1) is 29.8 Å². The normalized spacial score (nSPS) is 12.3. The first kappa shape index (κ1) is 53.0. The number of imidazole rings is 1. The zero-order valence-corrected chi connectivity index (χ0v) is 48.2. The summed E-state index contributed by atoms with van der Waals surface area (Å²) in [7, 11) is 0. The third-order valence-corrected chi connectivity index (χ3v) is 15.3. The second-order valence-electron chi connectivity index (χ2n) is 23.2. The topological polar surface area (TPSA) is 35.9 Å². The van der Waals surface area contributed by atoms with E-state index in [1.807, 2.05) is 18.3 Å². The number of hydrogen-bond acceptors (Lipinski definition) is 2. The van der Waals surface area contributed by atoms with Crippen molar-refractivity contribution in [3.8, 4) is 39.8 Å². The molecule has 3 aromatic heterocycles. The van der Waals surface area contributed by atoms with Gasteiger partial charge < -0.3 is 13.9 Å². The summed E-state index contributed by atoms with van der Waals surface area (Å²) in [6.45, 7) is 29.8. The monoisotopic (exact) mass is 1170 g/mol. The Kier molecular flexibility index (Phi) is 14.7. The summed E-state index contributed by atoms with van der Waals surface area (Å²) in [6, 6.07) is 64.1. The molecule has 0 saturated carbocycles. The molecular formula is C69H70N4OPt-2. The van der Waals surface area contributed by atoms with E-state index in [0.717, 1.165) is 55.8 Å². The predicted octanol–water partition coefficient (Wildman–Crippen LogP) is 17.4. The molecule has 0 radical (unpaired) electrons. The van der Waals surface area contributed by atoms with Crippen LogP contribution in [0.4, 0.5) is 0 Å².